The Balaban J connectivity index is 1.26. The fourth-order valence-electron chi connectivity index (χ4n) is 2.77. The highest BCUT2D eigenvalue weighted by atomic mass is 32.2. The monoisotopic (exact) mass is 388 g/mol. The maximum Gasteiger partial charge on any atom is 0.253 e. The maximum absolute atomic E-state index is 10.1. The fraction of sp³-hybridized carbons (Fsp3) is 0.389. The minimum atomic E-state index is -0.619. The van der Waals surface area contributed by atoms with Gasteiger partial charge in [-0.1, -0.05) is 17.8 Å². The minimum absolute atomic E-state index is 0.227. The molecule has 0 saturated carbocycles. The molecule has 0 bridgehead atoms. The Morgan fingerprint density at radius 2 is 2.07 bits per heavy atom. The summed E-state index contributed by atoms with van der Waals surface area (Å²) >= 11 is 1.38. The molecule has 3 heterocycles. The number of ether oxygens (including phenoxy) is 3. The van der Waals surface area contributed by atoms with Crippen LogP contribution >= 0.6 is 11.8 Å². The van der Waals surface area contributed by atoms with Gasteiger partial charge in [-0.05, 0) is 37.6 Å². The number of thioether (sulfide) groups is 1. The summed E-state index contributed by atoms with van der Waals surface area (Å²) in [6, 6.07) is 7.63. The van der Waals surface area contributed by atoms with E-state index >= 15 is 0 Å². The molecule has 0 spiro atoms. The van der Waals surface area contributed by atoms with Crippen LogP contribution in [0.15, 0.2) is 29.4 Å². The number of rotatable bonds is 7. The summed E-state index contributed by atoms with van der Waals surface area (Å²) in [4.78, 5) is 8.76. The van der Waals surface area contributed by atoms with Crippen LogP contribution < -0.4 is 9.47 Å². The summed E-state index contributed by atoms with van der Waals surface area (Å²) in [7, 11) is 0. The lowest BCUT2D eigenvalue weighted by molar-refractivity contribution is 0.0397. The standard InChI is InChI=1S/C18H20N4O4S/c1-11-5-12(2)22-17(19-11)20-18(21-22)27-9-14(23)8-24-7-13-3-4-15-16(6-13)26-10-25-15/h3-6,14,23H,7-10H2,1-2H3/t14-/m1/s1. The first-order valence-corrected chi connectivity index (χ1v) is 9.55. The van der Waals surface area contributed by atoms with Crippen molar-refractivity contribution < 1.29 is 19.3 Å². The number of benzene rings is 1. The lowest BCUT2D eigenvalue weighted by Gasteiger charge is -2.10. The third-order valence-corrected chi connectivity index (χ3v) is 5.00. The van der Waals surface area contributed by atoms with Crippen LogP contribution in [0.4, 0.5) is 0 Å². The zero-order valence-electron chi connectivity index (χ0n) is 15.1. The molecule has 2 aromatic heterocycles. The quantitative estimate of drug-likeness (QED) is 0.616. The number of fused-ring (bicyclic) bond motifs is 2. The molecule has 8 nitrogen and oxygen atoms in total. The first-order valence-electron chi connectivity index (χ1n) is 8.56. The van der Waals surface area contributed by atoms with Crippen LogP contribution in [0.1, 0.15) is 17.0 Å². The number of aliphatic hydroxyl groups is 1. The smallest absolute Gasteiger partial charge is 0.253 e. The highest BCUT2D eigenvalue weighted by Gasteiger charge is 2.14. The van der Waals surface area contributed by atoms with Crippen LogP contribution in [-0.4, -0.2) is 49.9 Å². The van der Waals surface area contributed by atoms with Gasteiger partial charge in [-0.25, -0.2) is 9.50 Å². The van der Waals surface area contributed by atoms with E-state index in [2.05, 4.69) is 15.1 Å². The number of hydrogen-bond donors (Lipinski definition) is 1. The Morgan fingerprint density at radius 1 is 1.22 bits per heavy atom. The topological polar surface area (TPSA) is 91.0 Å². The molecule has 1 N–H and O–H groups in total. The predicted octanol–water partition coefficient (Wildman–Crippen LogP) is 2.14. The van der Waals surface area contributed by atoms with E-state index in [1.54, 1.807) is 4.52 Å². The Labute approximate surface area is 160 Å². The Morgan fingerprint density at radius 3 is 2.96 bits per heavy atom. The van der Waals surface area contributed by atoms with Gasteiger partial charge in [0.25, 0.3) is 5.78 Å². The molecular formula is C18H20N4O4S. The van der Waals surface area contributed by atoms with Gasteiger partial charge in [0.05, 0.1) is 19.3 Å². The van der Waals surface area contributed by atoms with Gasteiger partial charge < -0.3 is 19.3 Å². The zero-order valence-corrected chi connectivity index (χ0v) is 15.9. The molecule has 27 heavy (non-hydrogen) atoms. The average molecular weight is 388 g/mol. The van der Waals surface area contributed by atoms with Crippen LogP contribution in [0.2, 0.25) is 0 Å². The fourth-order valence-corrected chi connectivity index (χ4v) is 3.49. The number of nitrogens with zero attached hydrogens (tertiary/aromatic N) is 4. The van der Waals surface area contributed by atoms with Crippen LogP contribution in [0, 0.1) is 13.8 Å². The normalized spacial score (nSPS) is 14.0. The van der Waals surface area contributed by atoms with Crippen molar-refractivity contribution in [3.8, 4) is 11.5 Å². The van der Waals surface area contributed by atoms with E-state index in [1.165, 1.54) is 11.8 Å². The highest BCUT2D eigenvalue weighted by Crippen LogP contribution is 2.32. The summed E-state index contributed by atoms with van der Waals surface area (Å²) in [5.74, 6) is 2.48. The van der Waals surface area contributed by atoms with E-state index < -0.39 is 6.10 Å². The van der Waals surface area contributed by atoms with Crippen molar-refractivity contribution in [3.05, 3.63) is 41.2 Å². The van der Waals surface area contributed by atoms with Crippen LogP contribution in [-0.2, 0) is 11.3 Å². The van der Waals surface area contributed by atoms with Gasteiger partial charge in [0.2, 0.25) is 11.9 Å². The first kappa shape index (κ1) is 18.0. The molecule has 3 aromatic rings. The van der Waals surface area contributed by atoms with E-state index in [-0.39, 0.29) is 13.4 Å². The Bertz CT molecular complexity index is 962. The van der Waals surface area contributed by atoms with E-state index in [0.29, 0.717) is 23.3 Å². The van der Waals surface area contributed by atoms with Crippen LogP contribution in [0.5, 0.6) is 11.5 Å². The highest BCUT2D eigenvalue weighted by molar-refractivity contribution is 7.99. The van der Waals surface area contributed by atoms with Crippen molar-refractivity contribution in [2.45, 2.75) is 31.7 Å². The van der Waals surface area contributed by atoms with E-state index in [1.807, 2.05) is 38.1 Å². The zero-order chi connectivity index (χ0) is 18.8. The van der Waals surface area contributed by atoms with Gasteiger partial charge >= 0.3 is 0 Å². The first-order chi connectivity index (χ1) is 13.1. The van der Waals surface area contributed by atoms with Crippen molar-refractivity contribution >= 4 is 17.5 Å². The number of hydrogen-bond acceptors (Lipinski definition) is 8. The summed E-state index contributed by atoms with van der Waals surface area (Å²) in [5.41, 5.74) is 2.85. The van der Waals surface area contributed by atoms with Gasteiger partial charge in [0.1, 0.15) is 0 Å². The van der Waals surface area contributed by atoms with E-state index in [0.717, 1.165) is 28.5 Å². The van der Waals surface area contributed by atoms with Gasteiger partial charge in [0, 0.05) is 17.1 Å². The molecule has 0 amide bonds. The molecule has 1 aliphatic heterocycles. The van der Waals surface area contributed by atoms with E-state index in [4.69, 9.17) is 14.2 Å². The Kier molecular flexibility index (Phi) is 5.15. The van der Waals surface area contributed by atoms with Gasteiger partial charge in [-0.3, -0.25) is 0 Å². The number of aryl methyl sites for hydroxylation is 2. The molecule has 0 aliphatic carbocycles. The Hall–Kier alpha value is -2.36. The van der Waals surface area contributed by atoms with Crippen molar-refractivity contribution in [1.29, 1.82) is 0 Å². The summed E-state index contributed by atoms with van der Waals surface area (Å²) in [6.07, 6.45) is -0.619. The predicted molar refractivity (Wildman–Crippen MR) is 99.2 cm³/mol. The minimum Gasteiger partial charge on any atom is -0.454 e. The van der Waals surface area contributed by atoms with Gasteiger partial charge in [-0.2, -0.15) is 4.98 Å². The number of aliphatic hydroxyl groups excluding tert-OH is 1. The van der Waals surface area contributed by atoms with E-state index in [9.17, 15) is 5.11 Å². The molecule has 1 aliphatic rings. The van der Waals surface area contributed by atoms with Gasteiger partial charge in [0.15, 0.2) is 11.5 Å². The molecular weight excluding hydrogens is 368 g/mol. The molecule has 0 fully saturated rings. The molecule has 1 aromatic carbocycles. The summed E-state index contributed by atoms with van der Waals surface area (Å²) in [5, 5.41) is 15.2. The molecule has 4 rings (SSSR count). The second-order valence-corrected chi connectivity index (χ2v) is 7.30. The lowest BCUT2D eigenvalue weighted by Crippen LogP contribution is -2.18. The molecule has 1 atom stereocenters. The molecule has 0 saturated heterocycles. The molecule has 9 heteroatoms. The SMILES string of the molecule is Cc1cc(C)n2nc(SC[C@H](O)COCc3ccc4c(c3)OCO4)nc2n1. The third kappa shape index (κ3) is 4.15. The van der Waals surface area contributed by atoms with Gasteiger partial charge in [-0.15, -0.1) is 5.10 Å². The largest absolute Gasteiger partial charge is 0.454 e. The van der Waals surface area contributed by atoms with Crippen LogP contribution in [0.25, 0.3) is 5.78 Å². The van der Waals surface area contributed by atoms with Crippen molar-refractivity contribution in [2.75, 3.05) is 19.2 Å². The number of aromatic nitrogens is 4. The third-order valence-electron chi connectivity index (χ3n) is 4.02. The van der Waals surface area contributed by atoms with Crippen molar-refractivity contribution in [2.24, 2.45) is 0 Å². The molecule has 142 valence electrons. The van der Waals surface area contributed by atoms with Crippen LogP contribution in [0.3, 0.4) is 0 Å². The summed E-state index contributed by atoms with van der Waals surface area (Å²) in [6.45, 7) is 4.76. The maximum atomic E-state index is 10.1. The summed E-state index contributed by atoms with van der Waals surface area (Å²) < 4.78 is 17.9. The molecule has 0 radical (unpaired) electrons. The second-order valence-electron chi connectivity index (χ2n) is 6.31. The average Bonchev–Trinajstić information content (AvgIpc) is 3.26. The lowest BCUT2D eigenvalue weighted by atomic mass is 10.2. The van der Waals surface area contributed by atoms with Crippen molar-refractivity contribution in [1.82, 2.24) is 19.6 Å². The van der Waals surface area contributed by atoms with Crippen molar-refractivity contribution in [3.63, 3.8) is 0 Å². The molecule has 0 unspecified atom stereocenters. The second kappa shape index (κ2) is 7.71.